The highest BCUT2D eigenvalue weighted by Gasteiger charge is 2.45. The number of fused-ring (bicyclic) bond motifs is 4. The number of carbonyl (C=O) groups is 1. The lowest BCUT2D eigenvalue weighted by Gasteiger charge is -2.51. The monoisotopic (exact) mass is 394 g/mol. The minimum Gasteiger partial charge on any atom is -0.448 e. The molecule has 1 N–H and O–H groups in total. The van der Waals surface area contributed by atoms with Gasteiger partial charge in [0.05, 0.1) is 25.4 Å². The largest absolute Gasteiger partial charge is 0.448 e. The van der Waals surface area contributed by atoms with Crippen LogP contribution in [0.3, 0.4) is 0 Å². The van der Waals surface area contributed by atoms with Crippen LogP contribution in [0.4, 0.5) is 4.79 Å². The number of amides is 1. The molecule has 1 unspecified atom stereocenters. The van der Waals surface area contributed by atoms with Gasteiger partial charge in [0.15, 0.2) is 0 Å². The first-order valence-electron chi connectivity index (χ1n) is 10.3. The Morgan fingerprint density at radius 1 is 1.07 bits per heavy atom. The van der Waals surface area contributed by atoms with Crippen molar-refractivity contribution in [3.05, 3.63) is 59.7 Å². The summed E-state index contributed by atoms with van der Waals surface area (Å²) in [4.78, 5) is 16.8. The van der Waals surface area contributed by atoms with Crippen molar-refractivity contribution in [3.63, 3.8) is 0 Å². The number of piperazine rings is 1. The van der Waals surface area contributed by atoms with Crippen LogP contribution in [0.5, 0.6) is 0 Å². The molecule has 2 saturated heterocycles. The van der Waals surface area contributed by atoms with Crippen LogP contribution in [0.15, 0.2) is 48.5 Å². The van der Waals surface area contributed by atoms with Crippen molar-refractivity contribution >= 4 is 6.09 Å². The zero-order valence-electron chi connectivity index (χ0n) is 16.4. The number of carbonyl (C=O) groups excluding carboxylic acids is 1. The van der Waals surface area contributed by atoms with Gasteiger partial charge in [-0.3, -0.25) is 4.90 Å². The van der Waals surface area contributed by atoms with E-state index in [-0.39, 0.29) is 18.6 Å². The SMILES string of the molecule is O=C(OCC1c2ccccc2-c2ccccc21)N1CCN2CCOCC2(CO)C1. The van der Waals surface area contributed by atoms with Crippen molar-refractivity contribution in [2.75, 3.05) is 52.6 Å². The molecule has 6 nitrogen and oxygen atoms in total. The Balaban J connectivity index is 1.30. The predicted octanol–water partition coefficient (Wildman–Crippen LogP) is 2.31. The fourth-order valence-corrected chi connectivity index (χ4v) is 4.97. The summed E-state index contributed by atoms with van der Waals surface area (Å²) in [6.45, 7) is 3.96. The summed E-state index contributed by atoms with van der Waals surface area (Å²) in [5.74, 6) is 0.0532. The van der Waals surface area contributed by atoms with Gasteiger partial charge < -0.3 is 19.5 Å². The van der Waals surface area contributed by atoms with Gasteiger partial charge >= 0.3 is 6.09 Å². The third-order valence-corrected chi connectivity index (χ3v) is 6.56. The molecule has 1 atom stereocenters. The average molecular weight is 394 g/mol. The Morgan fingerprint density at radius 2 is 1.76 bits per heavy atom. The molecule has 152 valence electrons. The van der Waals surface area contributed by atoms with E-state index < -0.39 is 5.54 Å². The van der Waals surface area contributed by atoms with E-state index in [1.807, 2.05) is 24.3 Å². The van der Waals surface area contributed by atoms with E-state index >= 15 is 0 Å². The van der Waals surface area contributed by atoms with Gasteiger partial charge in [0.2, 0.25) is 0 Å². The Bertz CT molecular complexity index is 872. The Kier molecular flexibility index (Phi) is 4.78. The van der Waals surface area contributed by atoms with Gasteiger partial charge in [-0.1, -0.05) is 48.5 Å². The van der Waals surface area contributed by atoms with Crippen molar-refractivity contribution < 1.29 is 19.4 Å². The normalized spacial score (nSPS) is 24.0. The molecule has 29 heavy (non-hydrogen) atoms. The second-order valence-electron chi connectivity index (χ2n) is 8.15. The van der Waals surface area contributed by atoms with Gasteiger partial charge in [-0.2, -0.15) is 0 Å². The molecule has 6 heteroatoms. The lowest BCUT2D eigenvalue weighted by molar-refractivity contribution is -0.121. The average Bonchev–Trinajstić information content (AvgIpc) is 3.11. The maximum absolute atomic E-state index is 12.9. The van der Waals surface area contributed by atoms with Crippen molar-refractivity contribution in [2.45, 2.75) is 11.5 Å². The quantitative estimate of drug-likeness (QED) is 0.866. The van der Waals surface area contributed by atoms with Crippen LogP contribution in [0.1, 0.15) is 17.0 Å². The lowest BCUT2D eigenvalue weighted by Crippen LogP contribution is -2.69. The van der Waals surface area contributed by atoms with Crippen molar-refractivity contribution in [1.82, 2.24) is 9.80 Å². The van der Waals surface area contributed by atoms with Crippen LogP contribution in [0.25, 0.3) is 11.1 Å². The molecular formula is C23H26N2O4. The second-order valence-corrected chi connectivity index (χ2v) is 8.15. The summed E-state index contributed by atoms with van der Waals surface area (Å²) < 4.78 is 11.4. The van der Waals surface area contributed by atoms with E-state index in [0.29, 0.717) is 32.9 Å². The van der Waals surface area contributed by atoms with Crippen molar-refractivity contribution in [3.8, 4) is 11.1 Å². The van der Waals surface area contributed by atoms with Gasteiger partial charge in [0, 0.05) is 32.1 Å². The molecule has 2 aromatic rings. The molecule has 0 spiro atoms. The fraction of sp³-hybridized carbons (Fsp3) is 0.435. The van der Waals surface area contributed by atoms with Gasteiger partial charge in [-0.25, -0.2) is 4.79 Å². The molecular weight excluding hydrogens is 368 g/mol. The number of morpholine rings is 1. The van der Waals surface area contributed by atoms with E-state index in [1.165, 1.54) is 22.3 Å². The van der Waals surface area contributed by atoms with E-state index in [0.717, 1.165) is 13.1 Å². The number of aliphatic hydroxyl groups excluding tert-OH is 1. The van der Waals surface area contributed by atoms with Crippen LogP contribution in [-0.4, -0.2) is 79.1 Å². The van der Waals surface area contributed by atoms with Crippen molar-refractivity contribution in [1.29, 1.82) is 0 Å². The number of hydrogen-bond acceptors (Lipinski definition) is 5. The molecule has 1 amide bonds. The maximum Gasteiger partial charge on any atom is 0.409 e. The van der Waals surface area contributed by atoms with Gasteiger partial charge in [0.1, 0.15) is 6.61 Å². The summed E-state index contributed by atoms with van der Waals surface area (Å²) in [6, 6.07) is 16.7. The minimum absolute atomic E-state index is 0.0276. The third kappa shape index (κ3) is 3.12. The Labute approximate surface area is 170 Å². The number of nitrogens with zero attached hydrogens (tertiary/aromatic N) is 2. The molecule has 0 radical (unpaired) electrons. The molecule has 0 bridgehead atoms. The number of ether oxygens (including phenoxy) is 2. The summed E-state index contributed by atoms with van der Waals surface area (Å²) in [6.07, 6.45) is -0.315. The molecule has 1 aliphatic carbocycles. The van der Waals surface area contributed by atoms with E-state index in [4.69, 9.17) is 9.47 Å². The number of rotatable bonds is 3. The first kappa shape index (κ1) is 18.6. The summed E-state index contributed by atoms with van der Waals surface area (Å²) in [5, 5.41) is 10.00. The molecule has 5 rings (SSSR count). The topological polar surface area (TPSA) is 62.2 Å². The second kappa shape index (κ2) is 7.44. The predicted molar refractivity (Wildman–Crippen MR) is 109 cm³/mol. The van der Waals surface area contributed by atoms with Crippen LogP contribution in [-0.2, 0) is 9.47 Å². The zero-order chi connectivity index (χ0) is 19.8. The third-order valence-electron chi connectivity index (χ3n) is 6.56. The van der Waals surface area contributed by atoms with E-state index in [2.05, 4.69) is 29.2 Å². The highest BCUT2D eigenvalue weighted by atomic mass is 16.6. The fourth-order valence-electron chi connectivity index (χ4n) is 4.97. The van der Waals surface area contributed by atoms with Crippen LogP contribution >= 0.6 is 0 Å². The molecule has 0 saturated carbocycles. The number of aliphatic hydroxyl groups is 1. The maximum atomic E-state index is 12.9. The molecule has 2 aromatic carbocycles. The van der Waals surface area contributed by atoms with Crippen molar-refractivity contribution in [2.24, 2.45) is 0 Å². The Hall–Kier alpha value is -2.41. The van der Waals surface area contributed by atoms with Crippen LogP contribution in [0, 0.1) is 0 Å². The molecule has 2 heterocycles. The smallest absolute Gasteiger partial charge is 0.409 e. The standard InChI is InChI=1S/C23H26N2O4/c26-15-23-14-24(9-10-25(23)11-12-28-16-23)22(27)29-13-21-19-7-3-1-5-17(19)18-6-2-4-8-20(18)21/h1-8,21,26H,9-16H2. The van der Waals surface area contributed by atoms with E-state index in [1.54, 1.807) is 4.90 Å². The van der Waals surface area contributed by atoms with Crippen LogP contribution < -0.4 is 0 Å². The van der Waals surface area contributed by atoms with Crippen LogP contribution in [0.2, 0.25) is 0 Å². The molecule has 2 aliphatic heterocycles. The molecule has 3 aliphatic rings. The summed E-state index contributed by atoms with van der Waals surface area (Å²) >= 11 is 0. The highest BCUT2D eigenvalue weighted by Crippen LogP contribution is 2.44. The lowest BCUT2D eigenvalue weighted by atomic mass is 9.94. The van der Waals surface area contributed by atoms with Gasteiger partial charge in [-0.05, 0) is 22.3 Å². The number of hydrogen-bond donors (Lipinski definition) is 1. The van der Waals surface area contributed by atoms with Gasteiger partial charge in [0.25, 0.3) is 0 Å². The van der Waals surface area contributed by atoms with Gasteiger partial charge in [-0.15, -0.1) is 0 Å². The number of benzene rings is 2. The first-order chi connectivity index (χ1) is 14.2. The minimum atomic E-state index is -0.512. The highest BCUT2D eigenvalue weighted by molar-refractivity contribution is 5.79. The van der Waals surface area contributed by atoms with E-state index in [9.17, 15) is 9.90 Å². The molecule has 0 aromatic heterocycles. The molecule has 2 fully saturated rings. The Morgan fingerprint density at radius 3 is 2.45 bits per heavy atom. The summed E-state index contributed by atoms with van der Waals surface area (Å²) in [7, 11) is 0. The zero-order valence-corrected chi connectivity index (χ0v) is 16.4. The summed E-state index contributed by atoms with van der Waals surface area (Å²) in [5.41, 5.74) is 4.34. The first-order valence-corrected chi connectivity index (χ1v) is 10.3.